The van der Waals surface area contributed by atoms with Crippen molar-refractivity contribution >= 4 is 0 Å². The van der Waals surface area contributed by atoms with Crippen LogP contribution in [0.3, 0.4) is 0 Å². The van der Waals surface area contributed by atoms with Crippen molar-refractivity contribution in [3.8, 4) is 11.5 Å². The molecule has 0 fully saturated rings. The second kappa shape index (κ2) is 5.92. The Kier molecular flexibility index (Phi) is 4.80. The number of aliphatic hydroxyl groups is 1. The smallest absolute Gasteiger partial charge is 0.496 e. The van der Waals surface area contributed by atoms with Crippen molar-refractivity contribution < 1.29 is 27.8 Å². The highest BCUT2D eigenvalue weighted by Crippen LogP contribution is 2.32. The summed E-state index contributed by atoms with van der Waals surface area (Å²) >= 11 is 0. The van der Waals surface area contributed by atoms with Gasteiger partial charge >= 0.3 is 6.36 Å². The van der Waals surface area contributed by atoms with Gasteiger partial charge in [-0.15, -0.1) is 13.2 Å². The molecule has 0 aliphatic rings. The topological polar surface area (TPSA) is 64.7 Å². The number of rotatable bonds is 5. The summed E-state index contributed by atoms with van der Waals surface area (Å²) in [5.41, 5.74) is 6.09. The Labute approximate surface area is 102 Å². The molecule has 0 saturated heterocycles. The maximum atomic E-state index is 12.1. The summed E-state index contributed by atoms with van der Waals surface area (Å²) in [5, 5.41) is 8.79. The van der Waals surface area contributed by atoms with Crippen LogP contribution in [0.1, 0.15) is 18.0 Å². The molecule has 0 bridgehead atoms. The Bertz CT molecular complexity index is 396. The van der Waals surface area contributed by atoms with E-state index in [4.69, 9.17) is 15.6 Å². The van der Waals surface area contributed by atoms with E-state index >= 15 is 0 Å². The van der Waals surface area contributed by atoms with E-state index in [1.54, 1.807) is 0 Å². The summed E-state index contributed by atoms with van der Waals surface area (Å²) in [6.45, 7) is -0.172. The summed E-state index contributed by atoms with van der Waals surface area (Å²) in [7, 11) is 1.38. The number of hydrogen-bond acceptors (Lipinski definition) is 4. The van der Waals surface area contributed by atoms with Crippen LogP contribution in [0.2, 0.25) is 0 Å². The van der Waals surface area contributed by atoms with E-state index in [0.717, 1.165) is 12.1 Å². The Hall–Kier alpha value is -1.47. The third-order valence-corrected chi connectivity index (χ3v) is 2.27. The number of aliphatic hydroxyl groups excluding tert-OH is 1. The Balaban J connectivity index is 3.01. The second-order valence-corrected chi connectivity index (χ2v) is 3.57. The molecule has 1 aromatic carbocycles. The fourth-order valence-corrected chi connectivity index (χ4v) is 1.49. The number of hydrogen-bond donors (Lipinski definition) is 2. The molecule has 1 rings (SSSR count). The first-order chi connectivity index (χ1) is 8.37. The highest BCUT2D eigenvalue weighted by atomic mass is 19.4. The molecule has 1 aromatic rings. The van der Waals surface area contributed by atoms with Crippen LogP contribution in [0.25, 0.3) is 0 Å². The molecule has 0 aliphatic carbocycles. The first-order valence-corrected chi connectivity index (χ1v) is 5.17. The van der Waals surface area contributed by atoms with Crippen LogP contribution < -0.4 is 15.2 Å². The predicted molar refractivity (Wildman–Crippen MR) is 58.3 cm³/mol. The van der Waals surface area contributed by atoms with Crippen molar-refractivity contribution in [3.05, 3.63) is 23.8 Å². The number of alkyl halides is 3. The second-order valence-electron chi connectivity index (χ2n) is 3.57. The van der Waals surface area contributed by atoms with Crippen LogP contribution in [-0.4, -0.2) is 25.2 Å². The lowest BCUT2D eigenvalue weighted by Gasteiger charge is -2.17. The van der Waals surface area contributed by atoms with Gasteiger partial charge in [0.15, 0.2) is 0 Å². The standard InChI is InChI=1S/C11H14F3NO3/c1-17-10-3-2-7(18-11(12,13)14)6-8(10)9(15)4-5-16/h2-3,6,9,16H,4-5,15H2,1H3/t9-/m1/s1. The first kappa shape index (κ1) is 14.6. The molecular weight excluding hydrogens is 251 g/mol. The van der Waals surface area contributed by atoms with Crippen molar-refractivity contribution in [2.24, 2.45) is 5.73 Å². The van der Waals surface area contributed by atoms with Crippen molar-refractivity contribution in [2.45, 2.75) is 18.8 Å². The van der Waals surface area contributed by atoms with Crippen LogP contribution in [0.4, 0.5) is 13.2 Å². The van der Waals surface area contributed by atoms with E-state index < -0.39 is 12.4 Å². The van der Waals surface area contributed by atoms with Gasteiger partial charge in [0, 0.05) is 18.2 Å². The minimum absolute atomic E-state index is 0.172. The minimum Gasteiger partial charge on any atom is -0.496 e. The van der Waals surface area contributed by atoms with Crippen molar-refractivity contribution in [3.63, 3.8) is 0 Å². The molecule has 0 spiro atoms. The minimum atomic E-state index is -4.76. The molecule has 0 saturated carbocycles. The molecule has 102 valence electrons. The average Bonchev–Trinajstić information content (AvgIpc) is 2.27. The highest BCUT2D eigenvalue weighted by Gasteiger charge is 2.31. The van der Waals surface area contributed by atoms with Gasteiger partial charge in [-0.3, -0.25) is 0 Å². The molecule has 0 aliphatic heterocycles. The zero-order valence-corrected chi connectivity index (χ0v) is 9.70. The zero-order valence-electron chi connectivity index (χ0n) is 9.70. The van der Waals surface area contributed by atoms with Gasteiger partial charge < -0.3 is 20.3 Å². The average molecular weight is 265 g/mol. The van der Waals surface area contributed by atoms with Gasteiger partial charge in [-0.2, -0.15) is 0 Å². The van der Waals surface area contributed by atoms with Gasteiger partial charge in [0.05, 0.1) is 7.11 Å². The third-order valence-electron chi connectivity index (χ3n) is 2.27. The summed E-state index contributed by atoms with van der Waals surface area (Å²) < 4.78 is 45.0. The van der Waals surface area contributed by atoms with Gasteiger partial charge in [-0.25, -0.2) is 0 Å². The largest absolute Gasteiger partial charge is 0.573 e. The summed E-state index contributed by atoms with van der Waals surface area (Å²) in [4.78, 5) is 0. The number of ether oxygens (including phenoxy) is 2. The molecule has 3 N–H and O–H groups in total. The molecule has 18 heavy (non-hydrogen) atoms. The molecule has 0 unspecified atom stereocenters. The number of methoxy groups -OCH3 is 1. The summed E-state index contributed by atoms with van der Waals surface area (Å²) in [5.74, 6) is -0.0165. The fourth-order valence-electron chi connectivity index (χ4n) is 1.49. The van der Waals surface area contributed by atoms with Crippen LogP contribution in [0, 0.1) is 0 Å². The third kappa shape index (κ3) is 4.08. The summed E-state index contributed by atoms with van der Waals surface area (Å²) in [6, 6.07) is 3.02. The molecule has 7 heteroatoms. The molecule has 0 aromatic heterocycles. The van der Waals surface area contributed by atoms with Gasteiger partial charge in [0.1, 0.15) is 11.5 Å². The van der Waals surface area contributed by atoms with Gasteiger partial charge in [-0.05, 0) is 24.6 Å². The van der Waals surface area contributed by atoms with Crippen LogP contribution in [-0.2, 0) is 0 Å². The predicted octanol–water partition coefficient (Wildman–Crippen LogP) is 1.98. The maximum Gasteiger partial charge on any atom is 0.573 e. The van der Waals surface area contributed by atoms with Crippen LogP contribution in [0.15, 0.2) is 18.2 Å². The van der Waals surface area contributed by atoms with E-state index in [0.29, 0.717) is 11.3 Å². The van der Waals surface area contributed by atoms with Crippen LogP contribution in [0.5, 0.6) is 11.5 Å². The fraction of sp³-hybridized carbons (Fsp3) is 0.455. The van der Waals surface area contributed by atoms with Gasteiger partial charge in [-0.1, -0.05) is 0 Å². The lowest BCUT2D eigenvalue weighted by Crippen LogP contribution is -2.18. The van der Waals surface area contributed by atoms with E-state index in [1.807, 2.05) is 0 Å². The number of halogens is 3. The Morgan fingerprint density at radius 3 is 2.56 bits per heavy atom. The number of benzene rings is 1. The molecular formula is C11H14F3NO3. The molecule has 0 amide bonds. The molecule has 0 heterocycles. The summed E-state index contributed by atoms with van der Waals surface area (Å²) in [6.07, 6.45) is -4.54. The normalized spacial score (nSPS) is 13.2. The lowest BCUT2D eigenvalue weighted by atomic mass is 10.0. The maximum absolute atomic E-state index is 12.1. The molecule has 0 radical (unpaired) electrons. The number of nitrogens with two attached hydrogens (primary N) is 1. The monoisotopic (exact) mass is 265 g/mol. The van der Waals surface area contributed by atoms with E-state index in [1.165, 1.54) is 13.2 Å². The van der Waals surface area contributed by atoms with Gasteiger partial charge in [0.25, 0.3) is 0 Å². The zero-order chi connectivity index (χ0) is 13.8. The Morgan fingerprint density at radius 1 is 1.39 bits per heavy atom. The van der Waals surface area contributed by atoms with E-state index in [9.17, 15) is 13.2 Å². The molecule has 1 atom stereocenters. The van der Waals surface area contributed by atoms with Crippen molar-refractivity contribution in [1.82, 2.24) is 0 Å². The quantitative estimate of drug-likeness (QED) is 0.854. The van der Waals surface area contributed by atoms with E-state index in [-0.39, 0.29) is 18.8 Å². The van der Waals surface area contributed by atoms with Crippen molar-refractivity contribution in [2.75, 3.05) is 13.7 Å². The first-order valence-electron chi connectivity index (χ1n) is 5.17. The lowest BCUT2D eigenvalue weighted by molar-refractivity contribution is -0.274. The van der Waals surface area contributed by atoms with Crippen molar-refractivity contribution in [1.29, 1.82) is 0 Å². The SMILES string of the molecule is COc1ccc(OC(F)(F)F)cc1[C@H](N)CCO. The highest BCUT2D eigenvalue weighted by molar-refractivity contribution is 5.42. The van der Waals surface area contributed by atoms with Crippen LogP contribution >= 0.6 is 0 Å². The van der Waals surface area contributed by atoms with Gasteiger partial charge in [0.2, 0.25) is 0 Å². The Morgan fingerprint density at radius 2 is 2.06 bits per heavy atom. The van der Waals surface area contributed by atoms with E-state index in [2.05, 4.69) is 4.74 Å². The molecule has 4 nitrogen and oxygen atoms in total.